The van der Waals surface area contributed by atoms with E-state index < -0.39 is 23.8 Å². The fraction of sp³-hybridized carbons (Fsp3) is 0.684. The third kappa shape index (κ3) is 9.16. The maximum atomic E-state index is 12.1. The average Bonchev–Trinajstić information content (AvgIpc) is 3.10. The smallest absolute Gasteiger partial charge is 0.407 e. The molecule has 0 aliphatic carbocycles. The van der Waals surface area contributed by atoms with Crippen LogP contribution in [0.1, 0.15) is 76.5 Å². The van der Waals surface area contributed by atoms with Crippen molar-refractivity contribution in [3.05, 3.63) is 16.1 Å². The zero-order valence-corrected chi connectivity index (χ0v) is 18.7. The molecule has 28 heavy (non-hydrogen) atoms. The van der Waals surface area contributed by atoms with Crippen LogP contribution >= 0.6 is 11.3 Å². The lowest BCUT2D eigenvalue weighted by atomic mass is 9.98. The van der Waals surface area contributed by atoms with E-state index in [-0.39, 0.29) is 17.7 Å². The minimum atomic E-state index is -0.696. The van der Waals surface area contributed by atoms with Crippen LogP contribution in [0.2, 0.25) is 0 Å². The summed E-state index contributed by atoms with van der Waals surface area (Å²) in [5.41, 5.74) is -0.470. The van der Waals surface area contributed by atoms with E-state index >= 15 is 0 Å². The topological polar surface area (TPSA) is 104 Å². The number of carbonyl (C=O) groups excluding carboxylic acids is 3. The molecule has 1 amide bonds. The van der Waals surface area contributed by atoms with Crippen LogP contribution in [0.5, 0.6) is 0 Å². The van der Waals surface area contributed by atoms with Crippen molar-refractivity contribution in [1.82, 2.24) is 10.3 Å². The highest BCUT2D eigenvalue weighted by atomic mass is 32.1. The Morgan fingerprint density at radius 2 is 1.89 bits per heavy atom. The SMILES string of the molecule is CC.COC(=O)c1csc(C(CC(NC(=O)OC(C)(C)C)C(C)C)OC=O)n1. The molecule has 2 atom stereocenters. The highest BCUT2D eigenvalue weighted by molar-refractivity contribution is 7.09. The number of esters is 1. The summed E-state index contributed by atoms with van der Waals surface area (Å²) in [6.45, 7) is 13.5. The summed E-state index contributed by atoms with van der Waals surface area (Å²) in [6.07, 6.45) is -0.947. The van der Waals surface area contributed by atoms with E-state index in [0.717, 1.165) is 0 Å². The van der Waals surface area contributed by atoms with Gasteiger partial charge in [-0.2, -0.15) is 0 Å². The molecule has 1 rings (SSSR count). The first kappa shape index (κ1) is 25.8. The summed E-state index contributed by atoms with van der Waals surface area (Å²) >= 11 is 1.18. The fourth-order valence-corrected chi connectivity index (χ4v) is 2.94. The van der Waals surface area contributed by atoms with E-state index in [1.54, 1.807) is 20.8 Å². The molecule has 0 aromatic carbocycles. The number of aromatic nitrogens is 1. The highest BCUT2D eigenvalue weighted by Gasteiger charge is 2.28. The second-order valence-electron chi connectivity index (χ2n) is 7.02. The standard InChI is InChI=1S/C17H26N2O6S.C2H6/c1-10(2)11(19-16(22)25-17(3,4)5)7-13(24-9-20)14-18-12(8-26-14)15(21)23-6;1-2/h8-11,13H,7H2,1-6H3,(H,19,22);1-2H3. The predicted molar refractivity (Wildman–Crippen MR) is 107 cm³/mol. The maximum absolute atomic E-state index is 12.1. The number of nitrogens with one attached hydrogen (secondary N) is 1. The number of hydrogen-bond donors (Lipinski definition) is 1. The quantitative estimate of drug-likeness (QED) is 0.386. The van der Waals surface area contributed by atoms with Crippen molar-refractivity contribution in [1.29, 1.82) is 0 Å². The second kappa shape index (κ2) is 12.3. The van der Waals surface area contributed by atoms with Gasteiger partial charge in [-0.3, -0.25) is 4.79 Å². The van der Waals surface area contributed by atoms with Crippen molar-refractivity contribution in [3.8, 4) is 0 Å². The molecule has 0 radical (unpaired) electrons. The Morgan fingerprint density at radius 1 is 1.29 bits per heavy atom. The number of rotatable bonds is 8. The number of nitrogens with zero attached hydrogens (tertiary/aromatic N) is 1. The summed E-state index contributed by atoms with van der Waals surface area (Å²) in [6, 6.07) is -0.319. The zero-order valence-electron chi connectivity index (χ0n) is 17.9. The first-order valence-corrected chi connectivity index (χ1v) is 10.1. The molecule has 2 unspecified atom stereocenters. The lowest BCUT2D eigenvalue weighted by molar-refractivity contribution is -0.134. The molecule has 0 bridgehead atoms. The summed E-state index contributed by atoms with van der Waals surface area (Å²) < 4.78 is 15.1. The predicted octanol–water partition coefficient (Wildman–Crippen LogP) is 4.11. The maximum Gasteiger partial charge on any atom is 0.407 e. The molecule has 0 saturated heterocycles. The number of ether oxygens (including phenoxy) is 3. The first-order chi connectivity index (χ1) is 13.1. The van der Waals surface area contributed by atoms with Gasteiger partial charge in [0.1, 0.15) is 10.6 Å². The summed E-state index contributed by atoms with van der Waals surface area (Å²) in [4.78, 5) is 38.7. The van der Waals surface area contributed by atoms with Crippen molar-refractivity contribution in [2.75, 3.05) is 7.11 Å². The number of thiazole rings is 1. The number of hydrogen-bond acceptors (Lipinski definition) is 8. The molecule has 1 heterocycles. The minimum Gasteiger partial charge on any atom is -0.464 e. The molecule has 9 heteroatoms. The summed E-state index contributed by atoms with van der Waals surface area (Å²) in [5.74, 6) is -0.509. The Labute approximate surface area is 171 Å². The fourth-order valence-electron chi connectivity index (χ4n) is 2.10. The molecule has 0 aliphatic heterocycles. The van der Waals surface area contributed by atoms with E-state index in [1.165, 1.54) is 23.8 Å². The zero-order chi connectivity index (χ0) is 21.9. The van der Waals surface area contributed by atoms with Crippen LogP contribution in [0.3, 0.4) is 0 Å². The Balaban J connectivity index is 0.00000352. The molecular weight excluding hydrogens is 384 g/mol. The normalized spacial score (nSPS) is 12.9. The van der Waals surface area contributed by atoms with E-state index in [2.05, 4.69) is 15.0 Å². The van der Waals surface area contributed by atoms with Crippen molar-refractivity contribution < 1.29 is 28.6 Å². The van der Waals surface area contributed by atoms with Crippen LogP contribution in [-0.2, 0) is 19.0 Å². The minimum absolute atomic E-state index is 0.0558. The van der Waals surface area contributed by atoms with E-state index in [9.17, 15) is 14.4 Å². The molecule has 1 N–H and O–H groups in total. The lowest BCUT2D eigenvalue weighted by Gasteiger charge is -2.27. The largest absolute Gasteiger partial charge is 0.464 e. The molecule has 0 aliphatic rings. The Morgan fingerprint density at radius 3 is 2.36 bits per heavy atom. The van der Waals surface area contributed by atoms with E-state index in [0.29, 0.717) is 17.9 Å². The summed E-state index contributed by atoms with van der Waals surface area (Å²) in [5, 5.41) is 4.79. The van der Waals surface area contributed by atoms with Crippen molar-refractivity contribution in [2.45, 2.75) is 72.6 Å². The highest BCUT2D eigenvalue weighted by Crippen LogP contribution is 2.28. The molecule has 0 saturated carbocycles. The second-order valence-corrected chi connectivity index (χ2v) is 7.91. The van der Waals surface area contributed by atoms with Gasteiger partial charge in [-0.1, -0.05) is 27.7 Å². The molecule has 0 spiro atoms. The third-order valence-corrected chi connectivity index (χ3v) is 4.32. The molecule has 0 fully saturated rings. The molecule has 8 nitrogen and oxygen atoms in total. The van der Waals surface area contributed by atoms with Crippen molar-refractivity contribution in [2.24, 2.45) is 5.92 Å². The monoisotopic (exact) mass is 416 g/mol. The van der Waals surface area contributed by atoms with Gasteiger partial charge in [-0.25, -0.2) is 14.6 Å². The molecular formula is C19H32N2O6S. The van der Waals surface area contributed by atoms with Gasteiger partial charge in [0.25, 0.3) is 6.47 Å². The Kier molecular flexibility index (Phi) is 11.4. The van der Waals surface area contributed by atoms with Crippen LogP contribution in [0.4, 0.5) is 4.79 Å². The average molecular weight is 417 g/mol. The van der Waals surface area contributed by atoms with Gasteiger partial charge in [-0.15, -0.1) is 11.3 Å². The van der Waals surface area contributed by atoms with Gasteiger partial charge in [0.05, 0.1) is 7.11 Å². The Hall–Kier alpha value is -2.16. The van der Waals surface area contributed by atoms with E-state index in [4.69, 9.17) is 9.47 Å². The molecule has 1 aromatic rings. The van der Waals surface area contributed by atoms with Gasteiger partial charge in [0, 0.05) is 17.8 Å². The van der Waals surface area contributed by atoms with Crippen molar-refractivity contribution in [3.63, 3.8) is 0 Å². The van der Waals surface area contributed by atoms with Gasteiger partial charge in [0.15, 0.2) is 11.8 Å². The Bertz CT molecular complexity index is 624. The lowest BCUT2D eigenvalue weighted by Crippen LogP contribution is -2.42. The first-order valence-electron chi connectivity index (χ1n) is 9.19. The number of amides is 1. The van der Waals surface area contributed by atoms with Gasteiger partial charge >= 0.3 is 12.1 Å². The number of carbonyl (C=O) groups is 3. The van der Waals surface area contributed by atoms with Gasteiger partial charge in [-0.05, 0) is 26.7 Å². The molecule has 1 aromatic heterocycles. The van der Waals surface area contributed by atoms with Gasteiger partial charge in [0.2, 0.25) is 0 Å². The number of methoxy groups -OCH3 is 1. The van der Waals surface area contributed by atoms with Crippen LogP contribution in [0.25, 0.3) is 0 Å². The van der Waals surface area contributed by atoms with Crippen molar-refractivity contribution >= 4 is 29.9 Å². The van der Waals surface area contributed by atoms with Crippen LogP contribution in [-0.4, -0.2) is 42.3 Å². The third-order valence-electron chi connectivity index (χ3n) is 3.39. The van der Waals surface area contributed by atoms with E-state index in [1.807, 2.05) is 27.7 Å². The summed E-state index contributed by atoms with van der Waals surface area (Å²) in [7, 11) is 1.26. The van der Waals surface area contributed by atoms with Crippen LogP contribution in [0.15, 0.2) is 5.38 Å². The number of alkyl carbamates (subject to hydrolysis) is 1. The van der Waals surface area contributed by atoms with Crippen LogP contribution < -0.4 is 5.32 Å². The molecule has 160 valence electrons. The van der Waals surface area contributed by atoms with Gasteiger partial charge < -0.3 is 19.5 Å². The van der Waals surface area contributed by atoms with Crippen LogP contribution in [0, 0.1) is 5.92 Å².